The number of rotatable bonds is 8. The molecule has 1 saturated carbocycles. The van der Waals surface area contributed by atoms with E-state index in [1.807, 2.05) is 36.4 Å². The van der Waals surface area contributed by atoms with Gasteiger partial charge >= 0.3 is 0 Å². The number of nitrogens with two attached hydrogens (primary N) is 1. The largest absolute Gasteiger partial charge is 0.354 e. The first-order valence-electron chi connectivity index (χ1n) is 9.98. The first-order chi connectivity index (χ1) is 13.1. The molecule has 1 aliphatic rings. The highest BCUT2D eigenvalue weighted by atomic mass is 16.1. The summed E-state index contributed by atoms with van der Waals surface area (Å²) < 4.78 is 0. The second kappa shape index (κ2) is 9.16. The Morgan fingerprint density at radius 3 is 2.15 bits per heavy atom. The summed E-state index contributed by atoms with van der Waals surface area (Å²) in [7, 11) is 0. The van der Waals surface area contributed by atoms with Gasteiger partial charge < -0.3 is 16.4 Å². The fraction of sp³-hybridized carbons (Fsp3) is 0.435. The number of benzene rings is 2. The zero-order valence-electron chi connectivity index (χ0n) is 16.2. The summed E-state index contributed by atoms with van der Waals surface area (Å²) in [6.45, 7) is 2.85. The van der Waals surface area contributed by atoms with E-state index in [1.165, 1.54) is 18.4 Å². The Balaban J connectivity index is 1.55. The monoisotopic (exact) mass is 365 g/mol. The van der Waals surface area contributed by atoms with Crippen LogP contribution in [-0.2, 0) is 4.79 Å². The fourth-order valence-electron chi connectivity index (χ4n) is 4.07. The van der Waals surface area contributed by atoms with Crippen molar-refractivity contribution < 1.29 is 4.79 Å². The lowest BCUT2D eigenvalue weighted by atomic mass is 9.94. The molecule has 0 radical (unpaired) electrons. The van der Waals surface area contributed by atoms with Crippen LogP contribution in [0.4, 0.5) is 0 Å². The van der Waals surface area contributed by atoms with E-state index in [9.17, 15) is 4.79 Å². The van der Waals surface area contributed by atoms with Crippen LogP contribution in [0.3, 0.4) is 0 Å². The first-order valence-corrected chi connectivity index (χ1v) is 9.98. The van der Waals surface area contributed by atoms with Crippen molar-refractivity contribution in [1.29, 1.82) is 0 Å². The number of hydrogen-bond acceptors (Lipinski definition) is 3. The molecule has 0 aliphatic heterocycles. The maximum atomic E-state index is 12.5. The number of hydrogen-bond donors (Lipinski definition) is 3. The van der Waals surface area contributed by atoms with Crippen LogP contribution in [0.15, 0.2) is 60.7 Å². The van der Waals surface area contributed by atoms with Crippen molar-refractivity contribution in [2.45, 2.75) is 56.7 Å². The van der Waals surface area contributed by atoms with Gasteiger partial charge in [-0.2, -0.15) is 0 Å². The molecule has 2 aromatic carbocycles. The summed E-state index contributed by atoms with van der Waals surface area (Å²) in [5, 5.41) is 6.94. The van der Waals surface area contributed by atoms with Crippen LogP contribution in [0.1, 0.15) is 62.2 Å². The molecule has 0 saturated heterocycles. The molecule has 27 heavy (non-hydrogen) atoms. The van der Waals surface area contributed by atoms with Gasteiger partial charge in [-0.25, -0.2) is 0 Å². The Kier molecular flexibility index (Phi) is 6.64. The zero-order valence-corrected chi connectivity index (χ0v) is 16.2. The van der Waals surface area contributed by atoms with E-state index in [0.717, 1.165) is 18.4 Å². The topological polar surface area (TPSA) is 67.1 Å². The minimum atomic E-state index is -0.262. The maximum absolute atomic E-state index is 12.5. The van der Waals surface area contributed by atoms with Crippen LogP contribution in [0, 0.1) is 0 Å². The standard InChI is InChI=1S/C23H31N3O/c1-18(19-10-4-2-5-11-19)26-23(14-8-9-15-23)17-25-22(27)16-21(24)20-12-6-3-7-13-20/h2-7,10-13,18,21,26H,8-9,14-17,24H2,1H3,(H,25,27). The van der Waals surface area contributed by atoms with Gasteiger partial charge in [-0.1, -0.05) is 73.5 Å². The van der Waals surface area contributed by atoms with E-state index in [1.54, 1.807) is 0 Å². The highest BCUT2D eigenvalue weighted by molar-refractivity contribution is 5.76. The summed E-state index contributed by atoms with van der Waals surface area (Å²) in [6, 6.07) is 20.3. The van der Waals surface area contributed by atoms with E-state index in [-0.39, 0.29) is 23.5 Å². The summed E-state index contributed by atoms with van der Waals surface area (Å²) in [4.78, 5) is 12.5. The van der Waals surface area contributed by atoms with Crippen LogP contribution in [0.2, 0.25) is 0 Å². The van der Waals surface area contributed by atoms with Gasteiger partial charge in [0.05, 0.1) is 0 Å². The Morgan fingerprint density at radius 1 is 1.00 bits per heavy atom. The van der Waals surface area contributed by atoms with Gasteiger partial charge in [-0.3, -0.25) is 4.79 Å². The lowest BCUT2D eigenvalue weighted by Gasteiger charge is -2.34. The van der Waals surface area contributed by atoms with E-state index in [2.05, 4.69) is 41.8 Å². The molecule has 1 amide bonds. The predicted molar refractivity (Wildman–Crippen MR) is 110 cm³/mol. The highest BCUT2D eigenvalue weighted by Gasteiger charge is 2.35. The summed E-state index contributed by atoms with van der Waals surface area (Å²) in [5.41, 5.74) is 8.44. The van der Waals surface area contributed by atoms with Gasteiger partial charge in [0.25, 0.3) is 0 Å². The fourth-order valence-corrected chi connectivity index (χ4v) is 4.07. The van der Waals surface area contributed by atoms with Crippen molar-refractivity contribution in [3.8, 4) is 0 Å². The molecule has 1 aliphatic carbocycles. The smallest absolute Gasteiger partial charge is 0.221 e. The summed E-state index contributed by atoms with van der Waals surface area (Å²) in [5.74, 6) is 0.0202. The van der Waals surface area contributed by atoms with Crippen LogP contribution < -0.4 is 16.4 Å². The van der Waals surface area contributed by atoms with Gasteiger partial charge in [-0.05, 0) is 30.9 Å². The first kappa shape index (κ1) is 19.6. The lowest BCUT2D eigenvalue weighted by molar-refractivity contribution is -0.121. The van der Waals surface area contributed by atoms with Crippen LogP contribution >= 0.6 is 0 Å². The average molecular weight is 366 g/mol. The molecule has 3 rings (SSSR count). The van der Waals surface area contributed by atoms with Crippen molar-refractivity contribution in [3.05, 3.63) is 71.8 Å². The highest BCUT2D eigenvalue weighted by Crippen LogP contribution is 2.32. The van der Waals surface area contributed by atoms with Gasteiger partial charge in [0.1, 0.15) is 0 Å². The zero-order chi connectivity index (χ0) is 19.1. The molecule has 0 bridgehead atoms. The predicted octanol–water partition coefficient (Wildman–Crippen LogP) is 3.86. The van der Waals surface area contributed by atoms with Crippen LogP contribution in [-0.4, -0.2) is 18.0 Å². The van der Waals surface area contributed by atoms with E-state index < -0.39 is 0 Å². The Labute approximate surface area is 162 Å². The molecule has 0 spiro atoms. The summed E-state index contributed by atoms with van der Waals surface area (Å²) in [6.07, 6.45) is 4.90. The molecule has 4 heteroatoms. The SMILES string of the molecule is CC(NC1(CNC(=O)CC(N)c2ccccc2)CCCC1)c1ccccc1. The molecular weight excluding hydrogens is 334 g/mol. The molecule has 1 fully saturated rings. The number of carbonyl (C=O) groups is 1. The molecule has 144 valence electrons. The minimum absolute atomic E-state index is 0.0202. The van der Waals surface area contributed by atoms with Crippen molar-refractivity contribution >= 4 is 5.91 Å². The third-order valence-electron chi connectivity index (χ3n) is 5.64. The lowest BCUT2D eigenvalue weighted by Crippen LogP contribution is -2.52. The Bertz CT molecular complexity index is 711. The molecule has 4 nitrogen and oxygen atoms in total. The van der Waals surface area contributed by atoms with Crippen molar-refractivity contribution in [3.63, 3.8) is 0 Å². The summed E-state index contributed by atoms with van der Waals surface area (Å²) >= 11 is 0. The normalized spacial score (nSPS) is 18.0. The molecule has 2 aromatic rings. The van der Waals surface area contributed by atoms with Gasteiger partial charge in [0, 0.05) is 30.6 Å². The number of nitrogens with one attached hydrogen (secondary N) is 2. The molecule has 2 unspecified atom stereocenters. The quantitative estimate of drug-likeness (QED) is 0.665. The van der Waals surface area contributed by atoms with Crippen LogP contribution in [0.5, 0.6) is 0 Å². The van der Waals surface area contributed by atoms with Gasteiger partial charge in [0.15, 0.2) is 0 Å². The molecule has 4 N–H and O–H groups in total. The molecular formula is C23H31N3O. The molecule has 0 heterocycles. The third kappa shape index (κ3) is 5.41. The third-order valence-corrected chi connectivity index (χ3v) is 5.64. The van der Waals surface area contributed by atoms with E-state index in [0.29, 0.717) is 13.0 Å². The van der Waals surface area contributed by atoms with Gasteiger partial charge in [0.2, 0.25) is 5.91 Å². The Morgan fingerprint density at radius 2 is 1.56 bits per heavy atom. The van der Waals surface area contributed by atoms with Crippen molar-refractivity contribution in [2.75, 3.05) is 6.54 Å². The van der Waals surface area contributed by atoms with Crippen molar-refractivity contribution in [2.24, 2.45) is 5.73 Å². The Hall–Kier alpha value is -2.17. The number of carbonyl (C=O) groups excluding carboxylic acids is 1. The number of amides is 1. The van der Waals surface area contributed by atoms with Gasteiger partial charge in [-0.15, -0.1) is 0 Å². The molecule has 2 atom stereocenters. The second-order valence-electron chi connectivity index (χ2n) is 7.76. The van der Waals surface area contributed by atoms with Crippen LogP contribution in [0.25, 0.3) is 0 Å². The van der Waals surface area contributed by atoms with E-state index in [4.69, 9.17) is 5.73 Å². The van der Waals surface area contributed by atoms with Crippen molar-refractivity contribution in [1.82, 2.24) is 10.6 Å². The maximum Gasteiger partial charge on any atom is 0.221 e. The molecule has 0 aromatic heterocycles. The minimum Gasteiger partial charge on any atom is -0.354 e. The average Bonchev–Trinajstić information content (AvgIpc) is 3.16. The second-order valence-corrected chi connectivity index (χ2v) is 7.76. The van der Waals surface area contributed by atoms with E-state index >= 15 is 0 Å².